The monoisotopic (exact) mass is 524 g/mol. The van der Waals surface area contributed by atoms with Crippen molar-refractivity contribution in [2.24, 2.45) is 5.10 Å². The summed E-state index contributed by atoms with van der Waals surface area (Å²) in [4.78, 5) is 13.2. The number of hydrazone groups is 1. The van der Waals surface area contributed by atoms with E-state index in [2.05, 4.69) is 33.4 Å². The molecule has 1 atom stereocenters. The van der Waals surface area contributed by atoms with Crippen LogP contribution in [0.3, 0.4) is 0 Å². The summed E-state index contributed by atoms with van der Waals surface area (Å²) in [6.45, 7) is 6.42. The van der Waals surface area contributed by atoms with E-state index in [4.69, 9.17) is 9.47 Å². The van der Waals surface area contributed by atoms with Gasteiger partial charge in [0, 0.05) is 0 Å². The predicted octanol–water partition coefficient (Wildman–Crippen LogP) is 5.41. The quantitative estimate of drug-likeness (QED) is 0.274. The second-order valence-corrected chi connectivity index (χ2v) is 8.60. The van der Waals surface area contributed by atoms with Gasteiger partial charge in [-0.3, -0.25) is 4.79 Å². The molecule has 0 aliphatic heterocycles. The highest BCUT2D eigenvalue weighted by Gasteiger charge is 2.39. The van der Waals surface area contributed by atoms with Gasteiger partial charge in [-0.2, -0.15) is 5.10 Å². The van der Waals surface area contributed by atoms with E-state index in [0.29, 0.717) is 34.8 Å². The third-order valence-corrected chi connectivity index (χ3v) is 5.91. The van der Waals surface area contributed by atoms with Crippen LogP contribution in [0.25, 0.3) is 0 Å². The standard InChI is InChI=1S/C27H29BrN2O4/c1-4-19(3)34-25-23(28)16-20(17-24(25)33-5-2)18-29-30-26(31)27(32,21-12-8-6-9-13-21)22-14-10-7-11-15-22/h6-19,32H,4-5H2,1-3H3,(H,30,31)/b29-18-/t19-/m0/s1. The fourth-order valence-corrected chi connectivity index (χ4v) is 3.91. The topological polar surface area (TPSA) is 80.2 Å². The molecule has 0 unspecified atom stereocenters. The summed E-state index contributed by atoms with van der Waals surface area (Å²) >= 11 is 3.55. The number of hydrogen-bond donors (Lipinski definition) is 2. The third-order valence-electron chi connectivity index (χ3n) is 5.32. The van der Waals surface area contributed by atoms with Crippen LogP contribution in [0.15, 0.2) is 82.4 Å². The number of hydrogen-bond acceptors (Lipinski definition) is 5. The Morgan fingerprint density at radius 3 is 2.21 bits per heavy atom. The van der Waals surface area contributed by atoms with Gasteiger partial charge in [-0.15, -0.1) is 0 Å². The molecule has 0 fully saturated rings. The average Bonchev–Trinajstić information content (AvgIpc) is 2.86. The number of benzene rings is 3. The minimum absolute atomic E-state index is 0.0305. The molecule has 3 aromatic rings. The number of ether oxygens (including phenoxy) is 2. The Balaban J connectivity index is 1.86. The molecule has 6 nitrogen and oxygen atoms in total. The van der Waals surface area contributed by atoms with Crippen molar-refractivity contribution in [1.82, 2.24) is 5.43 Å². The highest BCUT2D eigenvalue weighted by atomic mass is 79.9. The molecule has 3 aromatic carbocycles. The summed E-state index contributed by atoms with van der Waals surface area (Å²) < 4.78 is 12.5. The van der Waals surface area contributed by atoms with Crippen molar-refractivity contribution < 1.29 is 19.4 Å². The molecule has 0 saturated carbocycles. The number of carbonyl (C=O) groups excluding carboxylic acids is 1. The number of nitrogens with one attached hydrogen (secondary N) is 1. The van der Waals surface area contributed by atoms with E-state index in [9.17, 15) is 9.90 Å². The largest absolute Gasteiger partial charge is 0.490 e. The Bertz CT molecular complexity index is 1080. The molecule has 0 aliphatic carbocycles. The van der Waals surface area contributed by atoms with Crippen LogP contribution in [-0.2, 0) is 10.4 Å². The molecule has 0 aliphatic rings. The maximum atomic E-state index is 13.2. The summed E-state index contributed by atoms with van der Waals surface area (Å²) in [5, 5.41) is 15.6. The molecule has 0 heterocycles. The number of amides is 1. The molecule has 7 heteroatoms. The fraction of sp³-hybridized carbons (Fsp3) is 0.259. The lowest BCUT2D eigenvalue weighted by molar-refractivity contribution is -0.136. The van der Waals surface area contributed by atoms with Gasteiger partial charge < -0.3 is 14.6 Å². The van der Waals surface area contributed by atoms with E-state index in [-0.39, 0.29) is 6.10 Å². The van der Waals surface area contributed by atoms with Crippen LogP contribution in [0.4, 0.5) is 0 Å². The number of nitrogens with zero attached hydrogens (tertiary/aromatic N) is 1. The smallest absolute Gasteiger partial charge is 0.281 e. The first-order valence-corrected chi connectivity index (χ1v) is 12.0. The van der Waals surface area contributed by atoms with Gasteiger partial charge in [-0.05, 0) is 65.0 Å². The van der Waals surface area contributed by atoms with Gasteiger partial charge >= 0.3 is 0 Å². The molecule has 0 spiro atoms. The van der Waals surface area contributed by atoms with Crippen LogP contribution in [0.1, 0.15) is 43.9 Å². The molecule has 0 saturated heterocycles. The second kappa shape index (κ2) is 11.8. The highest BCUT2D eigenvalue weighted by Crippen LogP contribution is 2.37. The SMILES string of the molecule is CCOc1cc(/C=N\NC(=O)C(O)(c2ccccc2)c2ccccc2)cc(Br)c1O[C@@H](C)CC. The van der Waals surface area contributed by atoms with Crippen molar-refractivity contribution in [3.05, 3.63) is 94.0 Å². The van der Waals surface area contributed by atoms with Crippen molar-refractivity contribution >= 4 is 28.1 Å². The number of rotatable bonds is 10. The van der Waals surface area contributed by atoms with Crippen LogP contribution in [0.5, 0.6) is 11.5 Å². The second-order valence-electron chi connectivity index (χ2n) is 7.74. The first-order chi connectivity index (χ1) is 16.4. The zero-order chi connectivity index (χ0) is 24.6. The minimum atomic E-state index is -1.90. The number of carbonyl (C=O) groups is 1. The van der Waals surface area contributed by atoms with E-state index in [1.54, 1.807) is 54.6 Å². The lowest BCUT2D eigenvalue weighted by Gasteiger charge is -2.27. The molecule has 0 radical (unpaired) electrons. The van der Waals surface area contributed by atoms with Gasteiger partial charge in [-0.25, -0.2) is 5.43 Å². The van der Waals surface area contributed by atoms with Crippen molar-refractivity contribution in [2.45, 2.75) is 38.9 Å². The summed E-state index contributed by atoms with van der Waals surface area (Å²) in [5.74, 6) is 0.539. The molecule has 0 bridgehead atoms. The molecular formula is C27H29BrN2O4. The Morgan fingerprint density at radius 2 is 1.68 bits per heavy atom. The first kappa shape index (κ1) is 25.5. The van der Waals surface area contributed by atoms with Crippen molar-refractivity contribution in [1.29, 1.82) is 0 Å². The highest BCUT2D eigenvalue weighted by molar-refractivity contribution is 9.10. The van der Waals surface area contributed by atoms with Gasteiger partial charge in [0.2, 0.25) is 0 Å². The van der Waals surface area contributed by atoms with E-state index >= 15 is 0 Å². The van der Waals surface area contributed by atoms with E-state index in [1.165, 1.54) is 6.21 Å². The van der Waals surface area contributed by atoms with E-state index < -0.39 is 11.5 Å². The Hall–Kier alpha value is -3.16. The van der Waals surface area contributed by atoms with Crippen molar-refractivity contribution in [3.8, 4) is 11.5 Å². The average molecular weight is 525 g/mol. The zero-order valence-corrected chi connectivity index (χ0v) is 21.1. The Morgan fingerprint density at radius 1 is 1.09 bits per heavy atom. The van der Waals surface area contributed by atoms with Crippen LogP contribution in [-0.4, -0.2) is 29.9 Å². The van der Waals surface area contributed by atoms with Crippen LogP contribution in [0.2, 0.25) is 0 Å². The lowest BCUT2D eigenvalue weighted by Crippen LogP contribution is -2.43. The third kappa shape index (κ3) is 5.85. The van der Waals surface area contributed by atoms with E-state index in [1.807, 2.05) is 32.0 Å². The Labute approximate surface area is 208 Å². The summed E-state index contributed by atoms with van der Waals surface area (Å²) in [5.41, 5.74) is 2.17. The van der Waals surface area contributed by atoms with Gasteiger partial charge in [0.15, 0.2) is 17.1 Å². The van der Waals surface area contributed by atoms with Gasteiger partial charge in [0.25, 0.3) is 5.91 Å². The van der Waals surface area contributed by atoms with Crippen molar-refractivity contribution in [2.75, 3.05) is 6.61 Å². The minimum Gasteiger partial charge on any atom is -0.490 e. The molecule has 3 rings (SSSR count). The summed E-state index contributed by atoms with van der Waals surface area (Å²) in [6, 6.07) is 21.2. The van der Waals surface area contributed by atoms with Crippen LogP contribution < -0.4 is 14.9 Å². The summed E-state index contributed by atoms with van der Waals surface area (Å²) in [6.07, 6.45) is 2.39. The molecule has 178 valence electrons. The first-order valence-electron chi connectivity index (χ1n) is 11.2. The van der Waals surface area contributed by atoms with Gasteiger partial charge in [0.05, 0.1) is 23.4 Å². The molecule has 1 amide bonds. The van der Waals surface area contributed by atoms with Crippen LogP contribution >= 0.6 is 15.9 Å². The lowest BCUT2D eigenvalue weighted by atomic mass is 9.85. The van der Waals surface area contributed by atoms with Crippen LogP contribution in [0, 0.1) is 0 Å². The van der Waals surface area contributed by atoms with Crippen molar-refractivity contribution in [3.63, 3.8) is 0 Å². The van der Waals surface area contributed by atoms with E-state index in [0.717, 1.165) is 10.9 Å². The summed E-state index contributed by atoms with van der Waals surface area (Å²) in [7, 11) is 0. The fourth-order valence-electron chi connectivity index (χ4n) is 3.36. The number of halogens is 1. The molecule has 34 heavy (non-hydrogen) atoms. The van der Waals surface area contributed by atoms with Gasteiger partial charge in [-0.1, -0.05) is 67.6 Å². The maximum absolute atomic E-state index is 13.2. The molecule has 0 aromatic heterocycles. The zero-order valence-electron chi connectivity index (χ0n) is 19.5. The Kier molecular flexibility index (Phi) is 8.85. The van der Waals surface area contributed by atoms with Gasteiger partial charge in [0.1, 0.15) is 0 Å². The maximum Gasteiger partial charge on any atom is 0.281 e. The molecular weight excluding hydrogens is 496 g/mol. The normalized spacial score (nSPS) is 12.4. The predicted molar refractivity (Wildman–Crippen MR) is 137 cm³/mol. The molecule has 2 N–H and O–H groups in total. The number of aliphatic hydroxyl groups is 1.